The molecular weight excluding hydrogens is 420 g/mol. The Morgan fingerprint density at radius 3 is 2.67 bits per heavy atom. The van der Waals surface area contributed by atoms with Gasteiger partial charge in [-0.25, -0.2) is 4.79 Å². The molecule has 8 heteroatoms. The normalized spacial score (nSPS) is 20.6. The molecule has 0 bridgehead atoms. The lowest BCUT2D eigenvalue weighted by Gasteiger charge is -2.42. The predicted molar refractivity (Wildman–Crippen MR) is 124 cm³/mol. The molecule has 3 aliphatic heterocycles. The summed E-state index contributed by atoms with van der Waals surface area (Å²) in [6.45, 7) is 6.11. The van der Waals surface area contributed by atoms with Gasteiger partial charge in [0.15, 0.2) is 17.3 Å². The number of likely N-dealkylation sites (tertiary alicyclic amines) is 1. The summed E-state index contributed by atoms with van der Waals surface area (Å²) in [5.74, 6) is 1.91. The molecule has 6 rings (SSSR count). The molecule has 0 radical (unpaired) electrons. The molecule has 8 nitrogen and oxygen atoms in total. The SMILES string of the molecule is CC1COC=C1CN1CCC(N2c3ccccc3Oc3cc(-c4noc(=O)[nH]4)ccc32)CC1. The number of hydrogen-bond donors (Lipinski definition) is 1. The number of ether oxygens (including phenoxy) is 2. The van der Waals surface area contributed by atoms with Crippen molar-refractivity contribution in [3.05, 3.63) is 64.9 Å². The maximum Gasteiger partial charge on any atom is 0.439 e. The monoisotopic (exact) mass is 446 g/mol. The van der Waals surface area contributed by atoms with Gasteiger partial charge in [-0.15, -0.1) is 0 Å². The lowest BCUT2D eigenvalue weighted by atomic mass is 9.98. The Morgan fingerprint density at radius 2 is 1.91 bits per heavy atom. The summed E-state index contributed by atoms with van der Waals surface area (Å²) in [6.07, 6.45) is 4.08. The zero-order valence-corrected chi connectivity index (χ0v) is 18.5. The number of rotatable bonds is 4. The molecule has 1 saturated heterocycles. The van der Waals surface area contributed by atoms with Gasteiger partial charge in [-0.3, -0.25) is 14.4 Å². The van der Waals surface area contributed by atoms with Crippen LogP contribution in [-0.2, 0) is 4.74 Å². The molecule has 1 unspecified atom stereocenters. The first-order valence-electron chi connectivity index (χ1n) is 11.4. The number of anilines is 2. The van der Waals surface area contributed by atoms with Crippen LogP contribution in [0.3, 0.4) is 0 Å². The number of aromatic amines is 1. The molecule has 1 N–H and O–H groups in total. The molecule has 0 saturated carbocycles. The van der Waals surface area contributed by atoms with E-state index >= 15 is 0 Å². The summed E-state index contributed by atoms with van der Waals surface area (Å²) >= 11 is 0. The Balaban J connectivity index is 1.27. The van der Waals surface area contributed by atoms with Crippen LogP contribution in [0.1, 0.15) is 19.8 Å². The number of H-pyrrole nitrogens is 1. The largest absolute Gasteiger partial charge is 0.501 e. The van der Waals surface area contributed by atoms with Gasteiger partial charge in [-0.1, -0.05) is 24.2 Å². The molecule has 170 valence electrons. The van der Waals surface area contributed by atoms with Crippen molar-refractivity contribution < 1.29 is 14.0 Å². The Kier molecular flexibility index (Phi) is 4.95. The standard InChI is InChI=1S/C25H26N4O4/c1-16-14-31-15-18(16)13-28-10-8-19(9-11-28)29-20-4-2-3-5-22(20)32-23-12-17(6-7-21(23)29)24-26-25(30)33-27-24/h2-7,12,15-16,19H,8-11,13-14H2,1H3,(H,26,27,30). The molecule has 1 atom stereocenters. The maximum atomic E-state index is 11.4. The topological polar surface area (TPSA) is 83.8 Å². The van der Waals surface area contributed by atoms with Gasteiger partial charge in [0.2, 0.25) is 0 Å². The smallest absolute Gasteiger partial charge is 0.439 e. The number of nitrogens with zero attached hydrogens (tertiary/aromatic N) is 3. The van der Waals surface area contributed by atoms with Crippen molar-refractivity contribution in [2.45, 2.75) is 25.8 Å². The number of para-hydroxylation sites is 2. The van der Waals surface area contributed by atoms with Crippen LogP contribution in [0.5, 0.6) is 11.5 Å². The number of piperidine rings is 1. The van der Waals surface area contributed by atoms with Gasteiger partial charge in [-0.05, 0) is 48.7 Å². The van der Waals surface area contributed by atoms with Gasteiger partial charge in [0.05, 0.1) is 24.2 Å². The van der Waals surface area contributed by atoms with E-state index in [-0.39, 0.29) is 0 Å². The van der Waals surface area contributed by atoms with Gasteiger partial charge < -0.3 is 14.4 Å². The van der Waals surface area contributed by atoms with Crippen molar-refractivity contribution in [1.29, 1.82) is 0 Å². The number of aromatic nitrogens is 2. The van der Waals surface area contributed by atoms with Gasteiger partial charge >= 0.3 is 5.76 Å². The van der Waals surface area contributed by atoms with Crippen molar-refractivity contribution in [1.82, 2.24) is 15.0 Å². The fourth-order valence-corrected chi connectivity index (χ4v) is 4.99. The van der Waals surface area contributed by atoms with Crippen LogP contribution in [-0.4, -0.2) is 47.3 Å². The van der Waals surface area contributed by atoms with E-state index in [2.05, 4.69) is 43.5 Å². The molecule has 1 fully saturated rings. The fourth-order valence-electron chi connectivity index (χ4n) is 4.99. The molecule has 3 aliphatic rings. The molecule has 0 amide bonds. The summed E-state index contributed by atoms with van der Waals surface area (Å²) in [6, 6.07) is 14.4. The Hall–Kier alpha value is -3.52. The second-order valence-corrected chi connectivity index (χ2v) is 9.00. The summed E-state index contributed by atoms with van der Waals surface area (Å²) in [5, 5.41) is 3.81. The quantitative estimate of drug-likeness (QED) is 0.640. The summed E-state index contributed by atoms with van der Waals surface area (Å²) in [5.41, 5.74) is 4.26. The van der Waals surface area contributed by atoms with Crippen LogP contribution >= 0.6 is 0 Å². The zero-order chi connectivity index (χ0) is 22.4. The average molecular weight is 447 g/mol. The highest BCUT2D eigenvalue weighted by molar-refractivity contribution is 5.80. The van der Waals surface area contributed by atoms with Gasteiger partial charge in [0.1, 0.15) is 0 Å². The Morgan fingerprint density at radius 1 is 1.09 bits per heavy atom. The molecular formula is C25H26N4O4. The van der Waals surface area contributed by atoms with Gasteiger partial charge in [0.25, 0.3) is 0 Å². The van der Waals surface area contributed by atoms with Crippen LogP contribution in [0.4, 0.5) is 11.4 Å². The first-order valence-corrected chi connectivity index (χ1v) is 11.4. The number of benzene rings is 2. The Bertz CT molecular complexity index is 1260. The van der Waals surface area contributed by atoms with E-state index < -0.39 is 5.76 Å². The highest BCUT2D eigenvalue weighted by Gasteiger charge is 2.33. The van der Waals surface area contributed by atoms with E-state index in [4.69, 9.17) is 9.47 Å². The lowest BCUT2D eigenvalue weighted by Crippen LogP contribution is -2.44. The van der Waals surface area contributed by atoms with E-state index in [9.17, 15) is 4.79 Å². The number of fused-ring (bicyclic) bond motifs is 2. The third-order valence-electron chi connectivity index (χ3n) is 6.82. The Labute approximate surface area is 191 Å². The van der Waals surface area contributed by atoms with Crippen molar-refractivity contribution in [3.63, 3.8) is 0 Å². The number of hydrogen-bond acceptors (Lipinski definition) is 7. The van der Waals surface area contributed by atoms with Crippen molar-refractivity contribution in [2.75, 3.05) is 31.1 Å². The van der Waals surface area contributed by atoms with Crippen molar-refractivity contribution in [3.8, 4) is 22.9 Å². The number of nitrogens with one attached hydrogen (secondary N) is 1. The van der Waals surface area contributed by atoms with Crippen LogP contribution in [0.15, 0.2) is 63.6 Å². The van der Waals surface area contributed by atoms with Gasteiger partial charge in [-0.2, -0.15) is 0 Å². The minimum absolute atomic E-state index is 0.369. The van der Waals surface area contributed by atoms with Crippen LogP contribution in [0.2, 0.25) is 0 Å². The predicted octanol–water partition coefficient (Wildman–Crippen LogP) is 4.29. The van der Waals surface area contributed by atoms with Gasteiger partial charge in [0, 0.05) is 37.2 Å². The third-order valence-corrected chi connectivity index (χ3v) is 6.82. The van der Waals surface area contributed by atoms with Crippen LogP contribution in [0, 0.1) is 5.92 Å². The molecule has 2 aromatic carbocycles. The summed E-state index contributed by atoms with van der Waals surface area (Å²) in [7, 11) is 0. The lowest BCUT2D eigenvalue weighted by molar-refractivity contribution is 0.222. The molecule has 33 heavy (non-hydrogen) atoms. The minimum atomic E-state index is -0.573. The van der Waals surface area contributed by atoms with E-state index in [0.29, 0.717) is 17.8 Å². The van der Waals surface area contributed by atoms with E-state index in [1.807, 2.05) is 36.6 Å². The third kappa shape index (κ3) is 3.70. The second kappa shape index (κ2) is 8.12. The minimum Gasteiger partial charge on any atom is -0.501 e. The molecule has 3 aromatic rings. The van der Waals surface area contributed by atoms with E-state index in [1.54, 1.807) is 0 Å². The molecule has 1 aromatic heterocycles. The summed E-state index contributed by atoms with van der Waals surface area (Å²) < 4.78 is 16.4. The van der Waals surface area contributed by atoms with Crippen molar-refractivity contribution >= 4 is 11.4 Å². The first-order chi connectivity index (χ1) is 16.2. The van der Waals surface area contributed by atoms with Crippen LogP contribution < -0.4 is 15.4 Å². The molecule has 4 heterocycles. The van der Waals surface area contributed by atoms with Crippen molar-refractivity contribution in [2.24, 2.45) is 5.92 Å². The highest BCUT2D eigenvalue weighted by Crippen LogP contribution is 2.49. The molecule has 0 spiro atoms. The van der Waals surface area contributed by atoms with E-state index in [1.165, 1.54) is 5.57 Å². The first kappa shape index (κ1) is 20.1. The zero-order valence-electron chi connectivity index (χ0n) is 18.5. The molecule has 0 aliphatic carbocycles. The van der Waals surface area contributed by atoms with Crippen LogP contribution in [0.25, 0.3) is 11.4 Å². The highest BCUT2D eigenvalue weighted by atomic mass is 16.5. The van der Waals surface area contributed by atoms with E-state index in [0.717, 1.165) is 67.5 Å². The summed E-state index contributed by atoms with van der Waals surface area (Å²) in [4.78, 5) is 18.9. The maximum absolute atomic E-state index is 11.4. The fraction of sp³-hybridized carbons (Fsp3) is 0.360. The average Bonchev–Trinajstić information content (AvgIpc) is 3.45. The second-order valence-electron chi connectivity index (χ2n) is 9.00.